The van der Waals surface area contributed by atoms with Gasteiger partial charge in [-0.2, -0.15) is 0 Å². The molecule has 0 aromatic heterocycles. The van der Waals surface area contributed by atoms with E-state index in [2.05, 4.69) is 11.4 Å². The predicted molar refractivity (Wildman–Crippen MR) is 100 cm³/mol. The third kappa shape index (κ3) is 3.50. The van der Waals surface area contributed by atoms with E-state index in [-0.39, 0.29) is 23.2 Å². The molecule has 1 aromatic rings. The van der Waals surface area contributed by atoms with Gasteiger partial charge in [-0.3, -0.25) is 14.5 Å². The van der Waals surface area contributed by atoms with Gasteiger partial charge in [0.25, 0.3) is 5.91 Å². The lowest BCUT2D eigenvalue weighted by molar-refractivity contribution is -0.132. The number of nitrogens with zero attached hydrogens (tertiary/aromatic N) is 2. The zero-order valence-electron chi connectivity index (χ0n) is 14.2. The first-order chi connectivity index (χ1) is 12.1. The molecular weight excluding hydrogens is 358 g/mol. The summed E-state index contributed by atoms with van der Waals surface area (Å²) in [5, 5.41) is 2.14. The number of imide groups is 1. The molecule has 1 aromatic carbocycles. The standard InChI is InChI=1S/C17H21N3O3S2/c1-24-14-15(22)20(17(23)18-14)9-5-8-19-13(21)10-11-6-3-4-7-12(11)16(19)25-2/h3-4,6-7,14,16H,5,8-10H2,1-2H3,(H,18,23). The number of benzene rings is 1. The summed E-state index contributed by atoms with van der Waals surface area (Å²) in [6.07, 6.45) is 4.77. The largest absolute Gasteiger partial charge is 0.326 e. The summed E-state index contributed by atoms with van der Waals surface area (Å²) in [7, 11) is 0. The molecule has 6 nitrogen and oxygen atoms in total. The van der Waals surface area contributed by atoms with Gasteiger partial charge in [0.1, 0.15) is 5.37 Å². The fourth-order valence-electron chi connectivity index (χ4n) is 3.26. The number of amides is 4. The second kappa shape index (κ2) is 7.70. The highest BCUT2D eigenvalue weighted by atomic mass is 32.2. The van der Waals surface area contributed by atoms with Gasteiger partial charge in [-0.25, -0.2) is 4.79 Å². The lowest BCUT2D eigenvalue weighted by Gasteiger charge is -2.36. The molecule has 8 heteroatoms. The van der Waals surface area contributed by atoms with Crippen molar-refractivity contribution in [2.45, 2.75) is 23.6 Å². The lowest BCUT2D eigenvalue weighted by Crippen LogP contribution is -2.41. The van der Waals surface area contributed by atoms with E-state index in [0.29, 0.717) is 25.9 Å². The lowest BCUT2D eigenvalue weighted by atomic mass is 9.99. The van der Waals surface area contributed by atoms with Crippen molar-refractivity contribution in [3.8, 4) is 0 Å². The highest BCUT2D eigenvalue weighted by molar-refractivity contribution is 8.00. The molecule has 2 aliphatic heterocycles. The van der Waals surface area contributed by atoms with Crippen molar-refractivity contribution in [3.63, 3.8) is 0 Å². The zero-order chi connectivity index (χ0) is 18.0. The van der Waals surface area contributed by atoms with Crippen LogP contribution in [0.1, 0.15) is 22.9 Å². The Morgan fingerprint density at radius 1 is 1.12 bits per heavy atom. The van der Waals surface area contributed by atoms with Gasteiger partial charge in [-0.15, -0.1) is 23.5 Å². The molecule has 25 heavy (non-hydrogen) atoms. The van der Waals surface area contributed by atoms with Crippen LogP contribution in [-0.2, 0) is 16.0 Å². The maximum atomic E-state index is 12.5. The van der Waals surface area contributed by atoms with E-state index >= 15 is 0 Å². The van der Waals surface area contributed by atoms with Crippen LogP contribution in [0, 0.1) is 0 Å². The van der Waals surface area contributed by atoms with Crippen molar-refractivity contribution in [2.75, 3.05) is 25.6 Å². The molecule has 4 amide bonds. The van der Waals surface area contributed by atoms with Gasteiger partial charge in [0.2, 0.25) is 5.91 Å². The number of rotatable bonds is 6. The first-order valence-electron chi connectivity index (χ1n) is 8.11. The Morgan fingerprint density at radius 3 is 2.56 bits per heavy atom. The molecule has 2 atom stereocenters. The van der Waals surface area contributed by atoms with Gasteiger partial charge in [0.05, 0.1) is 6.42 Å². The van der Waals surface area contributed by atoms with Crippen LogP contribution < -0.4 is 5.32 Å². The molecule has 1 saturated heterocycles. The fraction of sp³-hybridized carbons (Fsp3) is 0.471. The maximum absolute atomic E-state index is 12.5. The molecule has 0 bridgehead atoms. The summed E-state index contributed by atoms with van der Waals surface area (Å²) in [4.78, 5) is 39.6. The van der Waals surface area contributed by atoms with Gasteiger partial charge in [0, 0.05) is 13.1 Å². The fourth-order valence-corrected chi connectivity index (χ4v) is 4.77. The maximum Gasteiger partial charge on any atom is 0.325 e. The van der Waals surface area contributed by atoms with E-state index in [1.54, 1.807) is 18.0 Å². The summed E-state index contributed by atoms with van der Waals surface area (Å²) < 4.78 is 0. The number of hydrogen-bond donors (Lipinski definition) is 1. The van der Waals surface area contributed by atoms with Crippen molar-refractivity contribution in [1.29, 1.82) is 0 Å². The SMILES string of the molecule is CSC1NC(=O)N(CCCN2C(=O)Cc3ccccc3C2SC)C1=O. The molecule has 0 saturated carbocycles. The van der Waals surface area contributed by atoms with Crippen molar-refractivity contribution >= 4 is 41.4 Å². The number of carbonyl (C=O) groups is 3. The van der Waals surface area contributed by atoms with Crippen LogP contribution in [0.25, 0.3) is 0 Å². The molecule has 134 valence electrons. The number of carbonyl (C=O) groups excluding carboxylic acids is 3. The van der Waals surface area contributed by atoms with Crippen molar-refractivity contribution < 1.29 is 14.4 Å². The van der Waals surface area contributed by atoms with Crippen LogP contribution >= 0.6 is 23.5 Å². The topological polar surface area (TPSA) is 69.7 Å². The molecule has 2 aliphatic rings. The van der Waals surface area contributed by atoms with Crippen LogP contribution in [-0.4, -0.2) is 58.6 Å². The quantitative estimate of drug-likeness (QED) is 0.766. The van der Waals surface area contributed by atoms with Gasteiger partial charge < -0.3 is 10.2 Å². The normalized spacial score (nSPS) is 23.0. The highest BCUT2D eigenvalue weighted by Gasteiger charge is 2.37. The average molecular weight is 380 g/mol. The Bertz CT molecular complexity index is 697. The first-order valence-corrected chi connectivity index (χ1v) is 10.7. The minimum atomic E-state index is -0.491. The van der Waals surface area contributed by atoms with Crippen LogP contribution in [0.2, 0.25) is 0 Å². The third-order valence-corrected chi connectivity index (χ3v) is 6.24. The molecule has 0 radical (unpaired) electrons. The molecule has 0 spiro atoms. The van der Waals surface area contributed by atoms with Crippen LogP contribution in [0.3, 0.4) is 0 Å². The number of urea groups is 1. The molecule has 2 unspecified atom stereocenters. The highest BCUT2D eigenvalue weighted by Crippen LogP contribution is 2.37. The smallest absolute Gasteiger partial charge is 0.325 e. The summed E-state index contributed by atoms with van der Waals surface area (Å²) in [5.74, 6) is -0.105. The van der Waals surface area contributed by atoms with Gasteiger partial charge in [0.15, 0.2) is 5.37 Å². The van der Waals surface area contributed by atoms with Gasteiger partial charge in [-0.1, -0.05) is 24.3 Å². The van der Waals surface area contributed by atoms with Crippen molar-refractivity contribution in [1.82, 2.24) is 15.1 Å². The second-order valence-corrected chi connectivity index (χ2v) is 7.82. The average Bonchev–Trinajstić information content (AvgIpc) is 2.89. The van der Waals surface area contributed by atoms with E-state index in [1.807, 2.05) is 29.4 Å². The van der Waals surface area contributed by atoms with E-state index in [9.17, 15) is 14.4 Å². The Balaban J connectivity index is 1.64. The molecule has 0 aliphatic carbocycles. The number of hydrogen-bond acceptors (Lipinski definition) is 5. The monoisotopic (exact) mass is 379 g/mol. The number of fused-ring (bicyclic) bond motifs is 1. The Kier molecular flexibility index (Phi) is 5.58. The van der Waals surface area contributed by atoms with E-state index in [1.165, 1.54) is 22.2 Å². The molecule has 3 rings (SSSR count). The number of thioether (sulfide) groups is 2. The summed E-state index contributed by atoms with van der Waals surface area (Å²) in [6, 6.07) is 7.67. The zero-order valence-corrected chi connectivity index (χ0v) is 15.9. The van der Waals surface area contributed by atoms with Crippen LogP contribution in [0.5, 0.6) is 0 Å². The van der Waals surface area contributed by atoms with Crippen LogP contribution in [0.15, 0.2) is 24.3 Å². The third-order valence-electron chi connectivity index (χ3n) is 4.50. The Hall–Kier alpha value is -1.67. The molecule has 1 fully saturated rings. The molecule has 1 N–H and O–H groups in total. The number of nitrogens with one attached hydrogen (secondary N) is 1. The minimum Gasteiger partial charge on any atom is -0.326 e. The first kappa shape index (κ1) is 18.1. The van der Waals surface area contributed by atoms with Crippen LogP contribution in [0.4, 0.5) is 4.79 Å². The van der Waals surface area contributed by atoms with Gasteiger partial charge in [-0.05, 0) is 30.1 Å². The van der Waals surface area contributed by atoms with Crippen molar-refractivity contribution in [3.05, 3.63) is 35.4 Å². The van der Waals surface area contributed by atoms with Crippen molar-refractivity contribution in [2.24, 2.45) is 0 Å². The summed E-state index contributed by atoms with van der Waals surface area (Å²) in [5.41, 5.74) is 2.26. The predicted octanol–water partition coefficient (Wildman–Crippen LogP) is 2.06. The Morgan fingerprint density at radius 2 is 1.88 bits per heavy atom. The van der Waals surface area contributed by atoms with E-state index in [0.717, 1.165) is 5.56 Å². The minimum absolute atomic E-state index is 0.0144. The molecular formula is C17H21N3O3S2. The van der Waals surface area contributed by atoms with E-state index in [4.69, 9.17) is 0 Å². The summed E-state index contributed by atoms with van der Waals surface area (Å²) >= 11 is 2.95. The van der Waals surface area contributed by atoms with E-state index < -0.39 is 5.37 Å². The van der Waals surface area contributed by atoms with Gasteiger partial charge >= 0.3 is 6.03 Å². The summed E-state index contributed by atoms with van der Waals surface area (Å²) in [6.45, 7) is 0.855. The molecule has 2 heterocycles. The Labute approximate surface area is 155 Å². The second-order valence-electron chi connectivity index (χ2n) is 5.96.